The summed E-state index contributed by atoms with van der Waals surface area (Å²) in [6.45, 7) is 3.37. The summed E-state index contributed by atoms with van der Waals surface area (Å²) < 4.78 is 7.14. The van der Waals surface area contributed by atoms with E-state index in [0.29, 0.717) is 32.5 Å². The summed E-state index contributed by atoms with van der Waals surface area (Å²) in [7, 11) is 0. The topological polar surface area (TPSA) is 68.3 Å². The van der Waals surface area contributed by atoms with Gasteiger partial charge in [-0.15, -0.1) is 0 Å². The predicted octanol–water partition coefficient (Wildman–Crippen LogP) is 2.79. The van der Waals surface area contributed by atoms with Crippen LogP contribution in [0, 0.1) is 6.92 Å². The van der Waals surface area contributed by atoms with Gasteiger partial charge >= 0.3 is 0 Å². The molecule has 0 unspecified atom stereocenters. The Morgan fingerprint density at radius 1 is 1.15 bits per heavy atom. The third kappa shape index (κ3) is 3.43. The molecule has 4 rings (SSSR count). The van der Waals surface area contributed by atoms with Gasteiger partial charge in [-0.05, 0) is 13.0 Å². The van der Waals surface area contributed by atoms with Gasteiger partial charge in [-0.1, -0.05) is 41.6 Å². The van der Waals surface area contributed by atoms with Gasteiger partial charge in [0.2, 0.25) is 5.91 Å². The summed E-state index contributed by atoms with van der Waals surface area (Å²) in [4.78, 5) is 26.5. The quantitative estimate of drug-likeness (QED) is 0.715. The zero-order chi connectivity index (χ0) is 18.8. The Morgan fingerprint density at radius 3 is 2.74 bits per heavy atom. The van der Waals surface area contributed by atoms with Gasteiger partial charge in [0.05, 0.1) is 6.54 Å². The van der Waals surface area contributed by atoms with Gasteiger partial charge in [0, 0.05) is 48.8 Å². The van der Waals surface area contributed by atoms with E-state index in [0.717, 1.165) is 28.3 Å². The number of aryl methyl sites for hydroxylation is 1. The normalized spacial score (nSPS) is 13.4. The molecule has 0 spiro atoms. The van der Waals surface area contributed by atoms with Gasteiger partial charge < -0.3 is 14.0 Å². The molecule has 3 heterocycles. The molecular formula is C21H21N3O3. The van der Waals surface area contributed by atoms with E-state index < -0.39 is 0 Å². The highest BCUT2D eigenvalue weighted by Crippen LogP contribution is 2.30. The molecule has 1 amide bonds. The fourth-order valence-electron chi connectivity index (χ4n) is 3.52. The molecule has 1 aliphatic heterocycles. The van der Waals surface area contributed by atoms with E-state index in [1.807, 2.05) is 48.2 Å². The third-order valence-corrected chi connectivity index (χ3v) is 5.04. The smallest absolute Gasteiger partial charge is 0.250 e. The van der Waals surface area contributed by atoms with Crippen molar-refractivity contribution in [3.8, 4) is 11.3 Å². The molecule has 0 bridgehead atoms. The SMILES string of the molecule is Cc1cccc(=O)n1CCC(=O)N1CCc2onc(-c3ccccc3)c2C1. The van der Waals surface area contributed by atoms with E-state index in [2.05, 4.69) is 5.16 Å². The monoisotopic (exact) mass is 363 g/mol. The summed E-state index contributed by atoms with van der Waals surface area (Å²) in [5.74, 6) is 0.893. The summed E-state index contributed by atoms with van der Waals surface area (Å²) in [5.41, 5.74) is 3.56. The molecule has 0 fully saturated rings. The van der Waals surface area contributed by atoms with Gasteiger partial charge in [-0.25, -0.2) is 0 Å². The number of carbonyl (C=O) groups excluding carboxylic acids is 1. The van der Waals surface area contributed by atoms with E-state index in [4.69, 9.17) is 4.52 Å². The van der Waals surface area contributed by atoms with Crippen LogP contribution in [-0.4, -0.2) is 27.1 Å². The van der Waals surface area contributed by atoms with Crippen molar-refractivity contribution in [3.63, 3.8) is 0 Å². The highest BCUT2D eigenvalue weighted by molar-refractivity contribution is 5.77. The number of nitrogens with zero attached hydrogens (tertiary/aromatic N) is 3. The van der Waals surface area contributed by atoms with Crippen LogP contribution in [0.5, 0.6) is 0 Å². The van der Waals surface area contributed by atoms with E-state index in [-0.39, 0.29) is 11.5 Å². The number of fused-ring (bicyclic) bond motifs is 1. The van der Waals surface area contributed by atoms with Crippen LogP contribution in [0.1, 0.15) is 23.4 Å². The number of benzene rings is 1. The number of amides is 1. The van der Waals surface area contributed by atoms with Crippen LogP contribution in [0.4, 0.5) is 0 Å². The second-order valence-corrected chi connectivity index (χ2v) is 6.77. The second kappa shape index (κ2) is 7.23. The van der Waals surface area contributed by atoms with Gasteiger partial charge in [-0.2, -0.15) is 0 Å². The molecule has 0 atom stereocenters. The van der Waals surface area contributed by atoms with Crippen LogP contribution >= 0.6 is 0 Å². The predicted molar refractivity (Wildman–Crippen MR) is 101 cm³/mol. The van der Waals surface area contributed by atoms with Crippen LogP contribution in [0.2, 0.25) is 0 Å². The molecule has 0 N–H and O–H groups in total. The molecule has 1 aromatic carbocycles. The average Bonchev–Trinajstić information content (AvgIpc) is 3.11. The first kappa shape index (κ1) is 17.3. The zero-order valence-electron chi connectivity index (χ0n) is 15.2. The summed E-state index contributed by atoms with van der Waals surface area (Å²) in [5, 5.41) is 4.22. The van der Waals surface area contributed by atoms with Crippen molar-refractivity contribution in [3.05, 3.63) is 75.9 Å². The van der Waals surface area contributed by atoms with Crippen molar-refractivity contribution < 1.29 is 9.32 Å². The van der Waals surface area contributed by atoms with Crippen molar-refractivity contribution in [2.24, 2.45) is 0 Å². The van der Waals surface area contributed by atoms with E-state index >= 15 is 0 Å². The number of pyridine rings is 1. The van der Waals surface area contributed by atoms with Gasteiger partial charge in [-0.3, -0.25) is 9.59 Å². The van der Waals surface area contributed by atoms with Crippen molar-refractivity contribution in [1.29, 1.82) is 0 Å². The summed E-state index contributed by atoms with van der Waals surface area (Å²) in [6, 6.07) is 15.0. The number of aromatic nitrogens is 2. The molecule has 138 valence electrons. The van der Waals surface area contributed by atoms with Crippen molar-refractivity contribution in [1.82, 2.24) is 14.6 Å². The molecule has 0 saturated heterocycles. The van der Waals surface area contributed by atoms with Gasteiger partial charge in [0.25, 0.3) is 5.56 Å². The van der Waals surface area contributed by atoms with Gasteiger partial charge in [0.15, 0.2) is 0 Å². The van der Waals surface area contributed by atoms with E-state index in [1.54, 1.807) is 10.6 Å². The first-order valence-electron chi connectivity index (χ1n) is 9.10. The number of carbonyl (C=O) groups is 1. The number of rotatable bonds is 4. The van der Waals surface area contributed by atoms with E-state index in [9.17, 15) is 9.59 Å². The van der Waals surface area contributed by atoms with Crippen molar-refractivity contribution >= 4 is 5.91 Å². The summed E-state index contributed by atoms with van der Waals surface area (Å²) >= 11 is 0. The highest BCUT2D eigenvalue weighted by Gasteiger charge is 2.27. The van der Waals surface area contributed by atoms with Crippen LogP contribution in [-0.2, 0) is 24.3 Å². The first-order valence-corrected chi connectivity index (χ1v) is 9.10. The largest absolute Gasteiger partial charge is 0.360 e. The minimum absolute atomic E-state index is 0.0380. The molecule has 6 heteroatoms. The number of hydrogen-bond donors (Lipinski definition) is 0. The lowest BCUT2D eigenvalue weighted by Crippen LogP contribution is -2.36. The minimum atomic E-state index is -0.0749. The van der Waals surface area contributed by atoms with Crippen LogP contribution < -0.4 is 5.56 Å². The molecule has 1 aliphatic rings. The Balaban J connectivity index is 1.49. The maximum absolute atomic E-state index is 12.7. The Kier molecular flexibility index (Phi) is 4.62. The molecule has 0 aliphatic carbocycles. The molecule has 0 saturated carbocycles. The van der Waals surface area contributed by atoms with Crippen LogP contribution in [0.25, 0.3) is 11.3 Å². The lowest BCUT2D eigenvalue weighted by atomic mass is 10.0. The molecule has 0 radical (unpaired) electrons. The Morgan fingerprint density at radius 2 is 1.96 bits per heavy atom. The summed E-state index contributed by atoms with van der Waals surface area (Å²) in [6.07, 6.45) is 0.956. The first-order chi connectivity index (χ1) is 13.1. The minimum Gasteiger partial charge on any atom is -0.360 e. The fourth-order valence-corrected chi connectivity index (χ4v) is 3.52. The molecule has 27 heavy (non-hydrogen) atoms. The molecule has 3 aromatic rings. The van der Waals surface area contributed by atoms with E-state index in [1.165, 1.54) is 6.07 Å². The molecular weight excluding hydrogens is 342 g/mol. The maximum Gasteiger partial charge on any atom is 0.250 e. The Labute approximate surface area is 157 Å². The maximum atomic E-state index is 12.7. The van der Waals surface area contributed by atoms with Crippen molar-refractivity contribution in [2.75, 3.05) is 6.54 Å². The zero-order valence-corrected chi connectivity index (χ0v) is 15.2. The average molecular weight is 363 g/mol. The van der Waals surface area contributed by atoms with Crippen molar-refractivity contribution in [2.45, 2.75) is 32.9 Å². The van der Waals surface area contributed by atoms with Crippen LogP contribution in [0.15, 0.2) is 57.8 Å². The number of hydrogen-bond acceptors (Lipinski definition) is 4. The molecule has 2 aromatic heterocycles. The Hall–Kier alpha value is -3.15. The second-order valence-electron chi connectivity index (χ2n) is 6.77. The lowest BCUT2D eigenvalue weighted by molar-refractivity contribution is -0.132. The standard InChI is InChI=1S/C21H21N3O3/c1-15-6-5-9-20(26)24(15)13-11-19(25)23-12-10-18-17(14-23)21(22-27-18)16-7-3-2-4-8-16/h2-9H,10-14H2,1H3. The van der Waals surface area contributed by atoms with Crippen LogP contribution in [0.3, 0.4) is 0 Å². The lowest BCUT2D eigenvalue weighted by Gasteiger charge is -2.26. The Bertz CT molecular complexity index is 1020. The third-order valence-electron chi connectivity index (χ3n) is 5.04. The molecule has 6 nitrogen and oxygen atoms in total. The fraction of sp³-hybridized carbons (Fsp3) is 0.286. The van der Waals surface area contributed by atoms with Gasteiger partial charge in [0.1, 0.15) is 11.5 Å². The highest BCUT2D eigenvalue weighted by atomic mass is 16.5.